The summed E-state index contributed by atoms with van der Waals surface area (Å²) in [5.74, 6) is 0. The fourth-order valence-electron chi connectivity index (χ4n) is 2.43. The van der Waals surface area contributed by atoms with Crippen LogP contribution in [0.25, 0.3) is 22.3 Å². The highest BCUT2D eigenvalue weighted by molar-refractivity contribution is 5.76. The summed E-state index contributed by atoms with van der Waals surface area (Å²) in [6, 6.07) is 15.9. The van der Waals surface area contributed by atoms with E-state index in [-0.39, 0.29) is 0 Å². The highest BCUT2D eigenvalue weighted by atomic mass is 16.1. The molecule has 0 bridgehead atoms. The Morgan fingerprint density at radius 3 is 2.09 bits per heavy atom. The van der Waals surface area contributed by atoms with E-state index in [0.717, 1.165) is 0 Å². The van der Waals surface area contributed by atoms with Crippen molar-refractivity contribution in [1.82, 2.24) is 9.13 Å². The fourth-order valence-corrected chi connectivity index (χ4v) is 2.43. The summed E-state index contributed by atoms with van der Waals surface area (Å²) in [6.07, 6.45) is 0. The van der Waals surface area contributed by atoms with E-state index in [1.807, 2.05) is 6.07 Å². The summed E-state index contributed by atoms with van der Waals surface area (Å²) in [5, 5.41) is -0.525. The van der Waals surface area contributed by atoms with Gasteiger partial charge in [0.25, 0.3) is 0 Å². The van der Waals surface area contributed by atoms with Crippen LogP contribution in [0.1, 0.15) is 0 Å². The van der Waals surface area contributed by atoms with Gasteiger partial charge in [-0.2, -0.15) is 4.79 Å². The van der Waals surface area contributed by atoms with Gasteiger partial charge in [0.1, 0.15) is 0 Å². The second-order valence-electron chi connectivity index (χ2n) is 4.78. The van der Waals surface area contributed by atoms with Crippen molar-refractivity contribution in [3.8, 4) is 5.69 Å². The van der Waals surface area contributed by atoms with E-state index in [0.29, 0.717) is 16.7 Å². The molecule has 0 aliphatic carbocycles. The zero-order valence-corrected chi connectivity index (χ0v) is 11.8. The van der Waals surface area contributed by atoms with Crippen LogP contribution in [0, 0.1) is 0 Å². The lowest BCUT2D eigenvalue weighted by atomic mass is 10.2. The van der Waals surface area contributed by atoms with Crippen LogP contribution in [-0.2, 0) is 7.05 Å². The summed E-state index contributed by atoms with van der Waals surface area (Å²) < 4.78 is 2.66. The maximum absolute atomic E-state index is 12.7. The van der Waals surface area contributed by atoms with Gasteiger partial charge >= 0.3 is 16.5 Å². The Hall–Kier alpha value is -3.24. The second kappa shape index (κ2) is 5.27. The molecule has 6 nitrogen and oxygen atoms in total. The van der Waals surface area contributed by atoms with Crippen LogP contribution < -0.4 is 16.5 Å². The molecule has 3 aromatic rings. The molecule has 0 spiro atoms. The highest BCUT2D eigenvalue weighted by Crippen LogP contribution is 2.13. The monoisotopic (exact) mass is 292 g/mol. The van der Waals surface area contributed by atoms with Gasteiger partial charge in [0.2, 0.25) is 0 Å². The van der Waals surface area contributed by atoms with Crippen LogP contribution in [0.2, 0.25) is 0 Å². The largest absolute Gasteiger partial charge is 0.444 e. The van der Waals surface area contributed by atoms with E-state index < -0.39 is 16.5 Å². The summed E-state index contributed by atoms with van der Waals surface area (Å²) >= 11 is 0. The molecule has 6 heteroatoms. The molecule has 1 heterocycles. The molecule has 3 rings (SSSR count). The smallest absolute Gasteiger partial charge is 0.360 e. The van der Waals surface area contributed by atoms with Crippen LogP contribution in [0.3, 0.4) is 0 Å². The van der Waals surface area contributed by atoms with E-state index in [9.17, 15) is 9.59 Å². The van der Waals surface area contributed by atoms with Crippen molar-refractivity contribution < 1.29 is 4.79 Å². The molecule has 1 aromatic heterocycles. The molecule has 0 aliphatic heterocycles. The van der Waals surface area contributed by atoms with Crippen molar-refractivity contribution in [3.05, 3.63) is 86.2 Å². The molecule has 0 atom stereocenters. The molecule has 0 amide bonds. The number of nitrogens with zero attached hydrogens (tertiary/aromatic N) is 4. The summed E-state index contributed by atoms with van der Waals surface area (Å²) in [5.41, 5.74) is 9.48. The predicted octanol–water partition coefficient (Wildman–Crippen LogP) is 0.820. The Balaban J connectivity index is 2.76. The Labute approximate surface area is 124 Å². The lowest BCUT2D eigenvalue weighted by molar-refractivity contribution is -0.0699. The third-order valence-corrected chi connectivity index (χ3v) is 3.51. The SMILES string of the molecule is Cn1c(=O)c(=[N+]=[N-])c(=O)n(-c2ccccc2)c2ccccc21. The molecular weight excluding hydrogens is 280 g/mol. The maximum Gasteiger partial charge on any atom is 0.444 e. The van der Waals surface area contributed by atoms with Crippen molar-refractivity contribution in [1.29, 1.82) is 0 Å². The average molecular weight is 292 g/mol. The average Bonchev–Trinajstić information content (AvgIpc) is 2.63. The number of para-hydroxylation sites is 3. The minimum absolute atomic E-state index is 0.525. The summed E-state index contributed by atoms with van der Waals surface area (Å²) in [6.45, 7) is 0. The lowest BCUT2D eigenvalue weighted by Gasteiger charge is -2.06. The van der Waals surface area contributed by atoms with Gasteiger partial charge in [-0.3, -0.25) is 14.2 Å². The topological polar surface area (TPSA) is 80.4 Å². The quantitative estimate of drug-likeness (QED) is 0.491. The third kappa shape index (κ3) is 1.99. The van der Waals surface area contributed by atoms with E-state index >= 15 is 0 Å². The van der Waals surface area contributed by atoms with Crippen molar-refractivity contribution in [2.75, 3.05) is 0 Å². The number of aromatic nitrogens is 2. The van der Waals surface area contributed by atoms with E-state index in [1.54, 1.807) is 48.5 Å². The molecule has 0 fully saturated rings. The van der Waals surface area contributed by atoms with Gasteiger partial charge in [-0.1, -0.05) is 30.3 Å². The Morgan fingerprint density at radius 1 is 0.864 bits per heavy atom. The number of hydrogen-bond acceptors (Lipinski definition) is 2. The zero-order valence-electron chi connectivity index (χ0n) is 11.8. The van der Waals surface area contributed by atoms with Crippen LogP contribution in [0.4, 0.5) is 0 Å². The lowest BCUT2D eigenvalue weighted by Crippen LogP contribution is -2.44. The van der Waals surface area contributed by atoms with Gasteiger partial charge in [0, 0.05) is 12.7 Å². The van der Waals surface area contributed by atoms with Gasteiger partial charge < -0.3 is 10.1 Å². The van der Waals surface area contributed by atoms with Gasteiger partial charge in [-0.15, -0.1) is 0 Å². The van der Waals surface area contributed by atoms with Crippen molar-refractivity contribution in [3.63, 3.8) is 0 Å². The molecule has 0 aliphatic rings. The first kappa shape index (κ1) is 13.7. The van der Waals surface area contributed by atoms with E-state index in [1.165, 1.54) is 16.2 Å². The number of rotatable bonds is 1. The fraction of sp³-hybridized carbons (Fsp3) is 0.0625. The van der Waals surface area contributed by atoms with Crippen LogP contribution in [-0.4, -0.2) is 13.9 Å². The van der Waals surface area contributed by atoms with Gasteiger partial charge in [-0.25, -0.2) is 0 Å². The van der Waals surface area contributed by atoms with Crippen molar-refractivity contribution in [2.24, 2.45) is 7.05 Å². The number of aryl methyl sites for hydroxylation is 1. The molecule has 0 saturated heterocycles. The minimum atomic E-state index is -0.671. The first-order valence-corrected chi connectivity index (χ1v) is 6.64. The van der Waals surface area contributed by atoms with Gasteiger partial charge in [0.15, 0.2) is 0 Å². The third-order valence-electron chi connectivity index (χ3n) is 3.51. The maximum atomic E-state index is 12.7. The molecule has 0 unspecified atom stereocenters. The normalized spacial score (nSPS) is 10.4. The minimum Gasteiger partial charge on any atom is -0.360 e. The van der Waals surface area contributed by atoms with Gasteiger partial charge in [-0.05, 0) is 24.3 Å². The van der Waals surface area contributed by atoms with E-state index in [4.69, 9.17) is 5.53 Å². The molecule has 0 N–H and O–H groups in total. The first-order chi connectivity index (χ1) is 10.6. The first-order valence-electron chi connectivity index (χ1n) is 6.64. The standard InChI is InChI=1S/C16H12N4O2/c1-19-12-9-5-6-10-13(12)20(11-7-3-2-4-8-11)16(22)14(18-17)15(19)21/h2-10H,1H3. The van der Waals surface area contributed by atoms with Crippen LogP contribution >= 0.6 is 0 Å². The highest BCUT2D eigenvalue weighted by Gasteiger charge is 2.15. The van der Waals surface area contributed by atoms with E-state index in [2.05, 4.69) is 4.79 Å². The summed E-state index contributed by atoms with van der Waals surface area (Å²) in [4.78, 5) is 27.9. The number of hydrogen-bond donors (Lipinski definition) is 0. The Kier molecular flexibility index (Phi) is 3.29. The van der Waals surface area contributed by atoms with Crippen LogP contribution in [0.15, 0.2) is 64.2 Å². The molecular formula is C16H12N4O2. The number of fused-ring (bicyclic) bond motifs is 1. The van der Waals surface area contributed by atoms with Crippen LogP contribution in [0.5, 0.6) is 0 Å². The molecule has 22 heavy (non-hydrogen) atoms. The van der Waals surface area contributed by atoms with Gasteiger partial charge in [0.05, 0.1) is 11.0 Å². The molecule has 2 aromatic carbocycles. The number of benzene rings is 2. The predicted molar refractivity (Wildman–Crippen MR) is 81.5 cm³/mol. The zero-order chi connectivity index (χ0) is 15.7. The van der Waals surface area contributed by atoms with Crippen molar-refractivity contribution in [2.45, 2.75) is 0 Å². The summed E-state index contributed by atoms with van der Waals surface area (Å²) in [7, 11) is 1.54. The van der Waals surface area contributed by atoms with Crippen molar-refractivity contribution >= 4 is 11.0 Å². The Bertz CT molecular complexity index is 1080. The second-order valence-corrected chi connectivity index (χ2v) is 4.78. The Morgan fingerprint density at radius 2 is 1.45 bits per heavy atom. The molecule has 0 saturated carbocycles. The molecule has 108 valence electrons. The molecule has 0 radical (unpaired) electrons.